The van der Waals surface area contributed by atoms with Crippen LogP contribution in [-0.2, 0) is 3.74 Å². The minimum absolute atomic E-state index is 0.221. The summed E-state index contributed by atoms with van der Waals surface area (Å²) >= 11 is -3.73. The number of benzene rings is 2. The van der Waals surface area contributed by atoms with Crippen LogP contribution in [0.2, 0.25) is 0 Å². The maximum absolute atomic E-state index is 11.9. The number of para-hydroxylation sites is 4. The molecule has 0 atom stereocenters. The van der Waals surface area contributed by atoms with E-state index in [9.17, 15) is 24.0 Å². The van der Waals surface area contributed by atoms with Crippen molar-refractivity contribution >= 4 is 26.6 Å². The summed E-state index contributed by atoms with van der Waals surface area (Å²) in [6.45, 7) is 0. The van der Waals surface area contributed by atoms with Crippen molar-refractivity contribution in [2.24, 2.45) is 0 Å². The van der Waals surface area contributed by atoms with E-state index in [0.717, 1.165) is 0 Å². The number of nitro groups is 2. The summed E-state index contributed by atoms with van der Waals surface area (Å²) in [4.78, 5) is 20.2. The first kappa shape index (κ1) is 15.6. The van der Waals surface area contributed by atoms with Crippen molar-refractivity contribution < 1.29 is 21.0 Å². The van der Waals surface area contributed by atoms with Crippen LogP contribution in [0.25, 0.3) is 0 Å². The fourth-order valence-electron chi connectivity index (χ4n) is 1.55. The van der Waals surface area contributed by atoms with E-state index in [1.807, 2.05) is 0 Å². The van der Waals surface area contributed by atoms with E-state index in [-0.39, 0.29) is 22.9 Å². The van der Waals surface area contributed by atoms with Gasteiger partial charge in [0.15, 0.2) is 0 Å². The third-order valence-corrected chi connectivity index (χ3v) is 3.92. The van der Waals surface area contributed by atoms with Crippen LogP contribution in [0.3, 0.4) is 0 Å². The molecule has 2 rings (SSSR count). The van der Waals surface area contributed by atoms with Crippen molar-refractivity contribution in [2.45, 2.75) is 0 Å². The van der Waals surface area contributed by atoms with E-state index >= 15 is 0 Å². The van der Waals surface area contributed by atoms with Gasteiger partial charge in [0.2, 0.25) is 0 Å². The van der Waals surface area contributed by atoms with Gasteiger partial charge in [-0.25, -0.2) is 0 Å². The van der Waals surface area contributed by atoms with Crippen LogP contribution in [0.5, 0.6) is 11.5 Å². The molecular formula is C12H8AsN2O7. The number of hydrogen-bond acceptors (Lipinski definition) is 7. The van der Waals surface area contributed by atoms with Gasteiger partial charge >= 0.3 is 128 Å². The summed E-state index contributed by atoms with van der Waals surface area (Å²) in [5.41, 5.74) is -0.743. The standard InChI is InChI=1S/C12H8AsN2O7/c16-13(21-11-7-3-1-5-9(11)14(17)18)22-12-8-4-2-6-10(12)15(19)20/h1-8H. The van der Waals surface area contributed by atoms with Gasteiger partial charge in [-0.1, -0.05) is 0 Å². The second kappa shape index (κ2) is 6.77. The molecule has 0 saturated carbocycles. The maximum atomic E-state index is 11.9. The topological polar surface area (TPSA) is 122 Å². The molecule has 0 spiro atoms. The van der Waals surface area contributed by atoms with E-state index in [2.05, 4.69) is 0 Å². The zero-order valence-corrected chi connectivity index (χ0v) is 12.7. The molecule has 0 fully saturated rings. The summed E-state index contributed by atoms with van der Waals surface area (Å²) in [7, 11) is 0. The Bertz CT molecular complexity index is 688. The first-order valence-corrected chi connectivity index (χ1v) is 8.09. The van der Waals surface area contributed by atoms with Crippen molar-refractivity contribution in [1.29, 1.82) is 0 Å². The SMILES string of the molecule is O=[N+]([O-])c1ccccc1O[As](=O)Oc1ccccc1[N+](=O)[O-]. The van der Waals surface area contributed by atoms with Crippen LogP contribution in [0, 0.1) is 20.2 Å². The summed E-state index contributed by atoms with van der Waals surface area (Å²) in [6, 6.07) is 10.7. The molecule has 113 valence electrons. The first-order valence-electron chi connectivity index (χ1n) is 5.79. The van der Waals surface area contributed by atoms with Crippen molar-refractivity contribution in [1.82, 2.24) is 0 Å². The molecule has 0 heterocycles. The molecule has 0 unspecified atom stereocenters. The van der Waals surface area contributed by atoms with Gasteiger partial charge in [-0.05, 0) is 0 Å². The van der Waals surface area contributed by atoms with Gasteiger partial charge in [-0.2, -0.15) is 0 Å². The van der Waals surface area contributed by atoms with Crippen molar-refractivity contribution in [3.05, 3.63) is 68.8 Å². The predicted octanol–water partition coefficient (Wildman–Crippen LogP) is 2.38. The zero-order chi connectivity index (χ0) is 16.1. The van der Waals surface area contributed by atoms with E-state index in [0.29, 0.717) is 0 Å². The molecular weight excluding hydrogens is 359 g/mol. The monoisotopic (exact) mass is 367 g/mol. The molecule has 0 aliphatic carbocycles. The molecule has 0 bridgehead atoms. The average molecular weight is 367 g/mol. The Balaban J connectivity index is 2.18. The molecule has 2 aromatic carbocycles. The molecule has 0 amide bonds. The van der Waals surface area contributed by atoms with Gasteiger partial charge in [-0.3, -0.25) is 0 Å². The number of rotatable bonds is 6. The van der Waals surface area contributed by atoms with E-state index in [1.54, 1.807) is 0 Å². The van der Waals surface area contributed by atoms with Gasteiger partial charge in [-0.15, -0.1) is 0 Å². The average Bonchev–Trinajstić information content (AvgIpc) is 2.47. The van der Waals surface area contributed by atoms with E-state index < -0.39 is 25.1 Å². The third-order valence-electron chi connectivity index (χ3n) is 2.47. The van der Waals surface area contributed by atoms with Gasteiger partial charge in [0.1, 0.15) is 0 Å². The second-order valence-corrected chi connectivity index (χ2v) is 5.56. The first-order chi connectivity index (χ1) is 10.5. The number of nitro benzene ring substituents is 2. The molecule has 0 saturated heterocycles. The Hall–Kier alpha value is -2.80. The molecule has 2 aromatic rings. The number of hydrogen-bond donors (Lipinski definition) is 0. The third kappa shape index (κ3) is 3.64. The zero-order valence-electron chi connectivity index (χ0n) is 10.8. The molecule has 9 nitrogen and oxygen atoms in total. The van der Waals surface area contributed by atoms with Crippen molar-refractivity contribution in [3.63, 3.8) is 0 Å². The van der Waals surface area contributed by atoms with E-state index in [4.69, 9.17) is 7.45 Å². The van der Waals surface area contributed by atoms with Gasteiger partial charge in [0, 0.05) is 0 Å². The van der Waals surface area contributed by atoms with Crippen LogP contribution in [0.1, 0.15) is 0 Å². The minimum atomic E-state index is -3.73. The molecule has 10 heteroatoms. The van der Waals surface area contributed by atoms with Crippen LogP contribution in [0.4, 0.5) is 11.4 Å². The summed E-state index contributed by atoms with van der Waals surface area (Å²) in [5.74, 6) is -0.442. The molecule has 0 N–H and O–H groups in total. The quantitative estimate of drug-likeness (QED) is 0.436. The summed E-state index contributed by atoms with van der Waals surface area (Å²) in [5, 5.41) is 21.6. The molecule has 0 aliphatic heterocycles. The van der Waals surface area contributed by atoms with Gasteiger partial charge < -0.3 is 0 Å². The molecule has 22 heavy (non-hydrogen) atoms. The second-order valence-electron chi connectivity index (χ2n) is 3.86. The normalized spacial score (nSPS) is 9.82. The van der Waals surface area contributed by atoms with Crippen molar-refractivity contribution in [2.75, 3.05) is 0 Å². The van der Waals surface area contributed by atoms with Gasteiger partial charge in [0.25, 0.3) is 0 Å². The predicted molar refractivity (Wildman–Crippen MR) is 73.9 cm³/mol. The Labute approximate surface area is 128 Å². The molecule has 0 aliphatic rings. The Morgan fingerprint density at radius 1 is 0.773 bits per heavy atom. The summed E-state index contributed by atoms with van der Waals surface area (Å²) < 4.78 is 21.8. The van der Waals surface area contributed by atoms with Crippen molar-refractivity contribution in [3.8, 4) is 11.5 Å². The number of nitrogens with zero attached hydrogens (tertiary/aromatic N) is 2. The van der Waals surface area contributed by atoms with Crippen LogP contribution in [-0.4, -0.2) is 25.1 Å². The Morgan fingerprint density at radius 3 is 1.50 bits per heavy atom. The van der Waals surface area contributed by atoms with Crippen LogP contribution < -0.4 is 7.45 Å². The fraction of sp³-hybridized carbons (Fsp3) is 0. The Morgan fingerprint density at radius 2 is 1.14 bits per heavy atom. The van der Waals surface area contributed by atoms with E-state index in [1.165, 1.54) is 48.5 Å². The summed E-state index contributed by atoms with van der Waals surface area (Å²) in [6.07, 6.45) is 0. The van der Waals surface area contributed by atoms with Crippen LogP contribution in [0.15, 0.2) is 48.5 Å². The van der Waals surface area contributed by atoms with Crippen LogP contribution >= 0.6 is 0 Å². The van der Waals surface area contributed by atoms with Gasteiger partial charge in [0.05, 0.1) is 0 Å². The molecule has 1 radical (unpaired) electrons. The fourth-order valence-corrected chi connectivity index (χ4v) is 2.95. The Kier molecular flexibility index (Phi) is 4.80. The molecule has 0 aromatic heterocycles.